The van der Waals surface area contributed by atoms with Crippen molar-refractivity contribution in [3.63, 3.8) is 0 Å². The molecule has 2 heterocycles. The molecule has 1 N–H and O–H groups in total. The Labute approximate surface area is 126 Å². The molecule has 22 heavy (non-hydrogen) atoms. The van der Waals surface area contributed by atoms with Crippen molar-refractivity contribution >= 4 is 21.6 Å². The van der Waals surface area contributed by atoms with Crippen LogP contribution >= 0.6 is 0 Å². The van der Waals surface area contributed by atoms with Gasteiger partial charge in [-0.15, -0.1) is 0 Å². The van der Waals surface area contributed by atoms with Gasteiger partial charge in [0, 0.05) is 6.54 Å². The van der Waals surface area contributed by atoms with Gasteiger partial charge in [0.05, 0.1) is 12.0 Å². The first-order valence-corrected chi connectivity index (χ1v) is 8.09. The summed E-state index contributed by atoms with van der Waals surface area (Å²) < 4.78 is 45.0. The van der Waals surface area contributed by atoms with Crippen LogP contribution in [0.4, 0.5) is 10.1 Å². The van der Waals surface area contributed by atoms with Crippen LogP contribution in [0.1, 0.15) is 6.42 Å². The van der Waals surface area contributed by atoms with E-state index < -0.39 is 27.8 Å². The van der Waals surface area contributed by atoms with E-state index in [1.54, 1.807) is 6.07 Å². The summed E-state index contributed by atoms with van der Waals surface area (Å²) in [5, 5.41) is -0.260. The number of anilines is 1. The van der Waals surface area contributed by atoms with Crippen LogP contribution in [0.3, 0.4) is 0 Å². The molecule has 0 spiro atoms. The molecule has 1 fully saturated rings. The van der Waals surface area contributed by atoms with Gasteiger partial charge in [-0.25, -0.2) is 12.8 Å². The number of sulfonamides is 1. The van der Waals surface area contributed by atoms with Crippen LogP contribution < -0.4 is 9.62 Å². The van der Waals surface area contributed by atoms with Crippen molar-refractivity contribution in [1.82, 2.24) is 4.72 Å². The minimum atomic E-state index is -3.91. The van der Waals surface area contributed by atoms with E-state index in [1.807, 2.05) is 0 Å². The summed E-state index contributed by atoms with van der Waals surface area (Å²) in [5.74, 6) is -1.01. The highest BCUT2D eigenvalue weighted by molar-refractivity contribution is 7.89. The number of hydrogen-bond donors (Lipinski definition) is 1. The first-order chi connectivity index (χ1) is 10.5. The Morgan fingerprint density at radius 3 is 2.68 bits per heavy atom. The molecule has 0 saturated carbocycles. The first-order valence-electron chi connectivity index (χ1n) is 6.61. The number of nitrogens with one attached hydrogen (secondary N) is 1. The molecule has 3 rings (SSSR count). The molecule has 116 valence electrons. The predicted octanol–water partition coefficient (Wildman–Crippen LogP) is 1.50. The zero-order chi connectivity index (χ0) is 15.7. The second-order valence-electron chi connectivity index (χ2n) is 4.84. The second-order valence-corrected chi connectivity index (χ2v) is 6.48. The third-order valence-electron chi connectivity index (χ3n) is 3.41. The van der Waals surface area contributed by atoms with E-state index in [2.05, 4.69) is 4.72 Å². The van der Waals surface area contributed by atoms with Crippen molar-refractivity contribution in [3.05, 3.63) is 48.5 Å². The molecule has 0 radical (unpaired) electrons. The van der Waals surface area contributed by atoms with Gasteiger partial charge in [-0.05, 0) is 30.7 Å². The van der Waals surface area contributed by atoms with Crippen molar-refractivity contribution in [3.8, 4) is 0 Å². The van der Waals surface area contributed by atoms with Crippen LogP contribution in [0.15, 0.2) is 52.2 Å². The highest BCUT2D eigenvalue weighted by Crippen LogP contribution is 2.25. The molecule has 1 aromatic heterocycles. The molecule has 1 amide bonds. The average Bonchev–Trinajstić information content (AvgIpc) is 3.12. The Morgan fingerprint density at radius 1 is 1.23 bits per heavy atom. The quantitative estimate of drug-likeness (QED) is 0.924. The maximum atomic E-state index is 13.8. The fourth-order valence-corrected chi connectivity index (χ4v) is 3.51. The lowest BCUT2D eigenvalue weighted by atomic mass is 10.2. The molecule has 1 unspecified atom stereocenters. The first kappa shape index (κ1) is 14.7. The standard InChI is InChI=1S/C14H13FN2O4S/c15-10-4-1-2-5-12(10)17-8-7-11(14(17)18)16-22(19,20)13-6-3-9-21-13/h1-6,9,11,16H,7-8H2. The fourth-order valence-electron chi connectivity index (χ4n) is 2.36. The van der Waals surface area contributed by atoms with E-state index in [0.29, 0.717) is 0 Å². The summed E-state index contributed by atoms with van der Waals surface area (Å²) in [6.45, 7) is 0.241. The summed E-state index contributed by atoms with van der Waals surface area (Å²) in [6, 6.07) is 7.67. The van der Waals surface area contributed by atoms with Crippen molar-refractivity contribution in [2.75, 3.05) is 11.4 Å². The largest absolute Gasteiger partial charge is 0.452 e. The summed E-state index contributed by atoms with van der Waals surface area (Å²) in [4.78, 5) is 13.5. The van der Waals surface area contributed by atoms with Crippen LogP contribution in [0.25, 0.3) is 0 Å². The van der Waals surface area contributed by atoms with Crippen molar-refractivity contribution in [2.45, 2.75) is 17.6 Å². The zero-order valence-electron chi connectivity index (χ0n) is 11.4. The number of amides is 1. The minimum absolute atomic E-state index is 0.146. The second kappa shape index (κ2) is 5.54. The Balaban J connectivity index is 1.79. The molecule has 0 bridgehead atoms. The number of furan rings is 1. The highest BCUT2D eigenvalue weighted by atomic mass is 32.2. The Kier molecular flexibility index (Phi) is 3.71. The highest BCUT2D eigenvalue weighted by Gasteiger charge is 2.37. The summed E-state index contributed by atoms with van der Waals surface area (Å²) >= 11 is 0. The van der Waals surface area contributed by atoms with E-state index in [0.717, 1.165) is 0 Å². The van der Waals surface area contributed by atoms with Crippen LogP contribution in [-0.4, -0.2) is 26.9 Å². The number of rotatable bonds is 4. The van der Waals surface area contributed by atoms with Crippen LogP contribution in [0, 0.1) is 5.82 Å². The average molecular weight is 324 g/mol. The number of nitrogens with zero attached hydrogens (tertiary/aromatic N) is 1. The smallest absolute Gasteiger partial charge is 0.274 e. The van der Waals surface area contributed by atoms with E-state index in [1.165, 1.54) is 41.5 Å². The monoisotopic (exact) mass is 324 g/mol. The molecule has 1 aliphatic heterocycles. The van der Waals surface area contributed by atoms with Gasteiger partial charge < -0.3 is 9.32 Å². The molecule has 8 heteroatoms. The molecule has 1 aromatic carbocycles. The van der Waals surface area contributed by atoms with Gasteiger partial charge in [0.15, 0.2) is 0 Å². The summed E-state index contributed by atoms with van der Waals surface area (Å²) in [5.41, 5.74) is 0.146. The number of hydrogen-bond acceptors (Lipinski definition) is 4. The number of benzene rings is 1. The lowest BCUT2D eigenvalue weighted by molar-refractivity contribution is -0.118. The van der Waals surface area contributed by atoms with Crippen LogP contribution in [0.2, 0.25) is 0 Å². The van der Waals surface area contributed by atoms with E-state index in [4.69, 9.17) is 4.42 Å². The molecule has 1 atom stereocenters. The van der Waals surface area contributed by atoms with Gasteiger partial charge in [-0.2, -0.15) is 4.72 Å². The third-order valence-corrected chi connectivity index (χ3v) is 4.76. The van der Waals surface area contributed by atoms with Gasteiger partial charge in [0.25, 0.3) is 10.0 Å². The third kappa shape index (κ3) is 2.62. The van der Waals surface area contributed by atoms with Crippen molar-refractivity contribution in [2.24, 2.45) is 0 Å². The Hall–Kier alpha value is -2.19. The molecular weight excluding hydrogens is 311 g/mol. The number of carbonyl (C=O) groups excluding carboxylic acids is 1. The predicted molar refractivity (Wildman–Crippen MR) is 76.2 cm³/mol. The lowest BCUT2D eigenvalue weighted by Crippen LogP contribution is -2.41. The Morgan fingerprint density at radius 2 is 2.00 bits per heavy atom. The SMILES string of the molecule is O=C1C(NS(=O)(=O)c2ccco2)CCN1c1ccccc1F. The fraction of sp³-hybridized carbons (Fsp3) is 0.214. The number of halogens is 1. The topological polar surface area (TPSA) is 79.6 Å². The molecule has 2 aromatic rings. The zero-order valence-corrected chi connectivity index (χ0v) is 12.2. The molecule has 6 nitrogen and oxygen atoms in total. The molecule has 1 aliphatic rings. The maximum Gasteiger partial charge on any atom is 0.274 e. The van der Waals surface area contributed by atoms with E-state index in [-0.39, 0.29) is 23.7 Å². The molecule has 0 aliphatic carbocycles. The van der Waals surface area contributed by atoms with Crippen molar-refractivity contribution in [1.29, 1.82) is 0 Å². The van der Waals surface area contributed by atoms with Crippen LogP contribution in [-0.2, 0) is 14.8 Å². The number of para-hydroxylation sites is 1. The van der Waals surface area contributed by atoms with Gasteiger partial charge >= 0.3 is 0 Å². The Bertz CT molecular complexity index is 789. The van der Waals surface area contributed by atoms with E-state index in [9.17, 15) is 17.6 Å². The number of carbonyl (C=O) groups is 1. The van der Waals surface area contributed by atoms with Gasteiger partial charge in [-0.1, -0.05) is 12.1 Å². The van der Waals surface area contributed by atoms with Crippen molar-refractivity contribution < 1.29 is 22.0 Å². The minimum Gasteiger partial charge on any atom is -0.452 e. The van der Waals surface area contributed by atoms with E-state index >= 15 is 0 Å². The lowest BCUT2D eigenvalue weighted by Gasteiger charge is -2.17. The normalized spacial score (nSPS) is 18.9. The van der Waals surface area contributed by atoms with Gasteiger partial charge in [-0.3, -0.25) is 4.79 Å². The maximum absolute atomic E-state index is 13.8. The molecule has 1 saturated heterocycles. The molecular formula is C14H13FN2O4S. The summed E-state index contributed by atoms with van der Waals surface area (Å²) in [7, 11) is -3.91. The van der Waals surface area contributed by atoms with Gasteiger partial charge in [0.2, 0.25) is 11.0 Å². The summed E-state index contributed by atoms with van der Waals surface area (Å²) in [6.07, 6.45) is 1.49. The van der Waals surface area contributed by atoms with Crippen LogP contribution in [0.5, 0.6) is 0 Å². The van der Waals surface area contributed by atoms with Gasteiger partial charge in [0.1, 0.15) is 11.9 Å².